The topological polar surface area (TPSA) is 41.3 Å². The summed E-state index contributed by atoms with van der Waals surface area (Å²) in [6.45, 7) is 0. The lowest BCUT2D eigenvalue weighted by atomic mass is 9.70. The minimum Gasteiger partial charge on any atom is -0.354 e. The van der Waals surface area contributed by atoms with Gasteiger partial charge in [-0.3, -0.25) is 0 Å². The van der Waals surface area contributed by atoms with E-state index in [-0.39, 0.29) is 0 Å². The Morgan fingerprint density at radius 1 is 0.420 bits per heavy atom. The summed E-state index contributed by atoms with van der Waals surface area (Å²) in [5, 5.41) is 3.95. The number of nitrogens with one attached hydrogen (secondary N) is 1. The minimum absolute atomic E-state index is 0.400. The molecule has 0 amide bonds. The summed E-state index contributed by atoms with van der Waals surface area (Å²) in [7, 11) is 0. The van der Waals surface area contributed by atoms with Crippen LogP contribution in [0.25, 0.3) is 56.4 Å². The Balaban J connectivity index is 1.07. The molecule has 3 heteroatoms. The number of hydrogen-bond donors (Lipinski definition) is 2. The molecule has 0 aromatic heterocycles. The molecule has 0 bridgehead atoms. The zero-order chi connectivity index (χ0) is 45.9. The molecule has 3 nitrogen and oxygen atoms in total. The number of benzene rings is 10. The molecule has 10 aromatic rings. The standard InChI is InChI=1S/C66H47N3/c67-64(48-26-11-4-12-27-48)62(47-24-9-3-10-25-47)65-52-41-40-51(42-49(52)43-60(68-65)46-22-7-2-8-23-46)69(50-38-36-45(37-39-50)44-20-5-1-6-21-44)61-35-19-34-59-63(61)55-30-15-18-33-58(55)66(59)56-31-16-13-28-53(56)54-29-14-17-32-57(54)66/h1-43,64,68H,67H2/b65-62-. The van der Waals surface area contributed by atoms with Crippen LogP contribution in [0.3, 0.4) is 0 Å². The molecule has 1 unspecified atom stereocenters. The van der Waals surface area contributed by atoms with Crippen molar-refractivity contribution in [3.63, 3.8) is 0 Å². The number of fused-ring (bicyclic) bond motifs is 11. The highest BCUT2D eigenvalue weighted by molar-refractivity contribution is 6.05. The van der Waals surface area contributed by atoms with Gasteiger partial charge in [0.25, 0.3) is 0 Å². The summed E-state index contributed by atoms with van der Waals surface area (Å²) < 4.78 is 0. The maximum absolute atomic E-state index is 7.40. The molecule has 0 fully saturated rings. The zero-order valence-corrected chi connectivity index (χ0v) is 37.9. The van der Waals surface area contributed by atoms with E-state index in [9.17, 15) is 0 Å². The van der Waals surface area contributed by atoms with E-state index in [4.69, 9.17) is 5.73 Å². The van der Waals surface area contributed by atoms with Crippen LogP contribution in [-0.4, -0.2) is 0 Å². The molecule has 0 saturated carbocycles. The van der Waals surface area contributed by atoms with Crippen LogP contribution >= 0.6 is 0 Å². The predicted molar refractivity (Wildman–Crippen MR) is 287 cm³/mol. The minimum atomic E-state index is -0.474. The van der Waals surface area contributed by atoms with Gasteiger partial charge in [-0.25, -0.2) is 0 Å². The summed E-state index contributed by atoms with van der Waals surface area (Å²) in [6, 6.07) is 92.0. The molecular weight excluding hydrogens is 835 g/mol. The van der Waals surface area contributed by atoms with Crippen molar-refractivity contribution in [1.82, 2.24) is 5.32 Å². The molecule has 0 saturated heterocycles. The normalized spacial score (nSPS) is 14.6. The smallest absolute Gasteiger partial charge is 0.0726 e. The van der Waals surface area contributed by atoms with E-state index in [1.54, 1.807) is 0 Å². The van der Waals surface area contributed by atoms with E-state index in [0.717, 1.165) is 61.8 Å². The molecule has 2 aliphatic carbocycles. The molecule has 1 heterocycles. The summed E-state index contributed by atoms with van der Waals surface area (Å²) >= 11 is 0. The van der Waals surface area contributed by atoms with Crippen molar-refractivity contribution in [2.45, 2.75) is 11.5 Å². The van der Waals surface area contributed by atoms with Crippen LogP contribution < -0.4 is 16.0 Å². The van der Waals surface area contributed by atoms with Gasteiger partial charge < -0.3 is 16.0 Å². The second kappa shape index (κ2) is 16.5. The first kappa shape index (κ1) is 40.5. The van der Waals surface area contributed by atoms with Gasteiger partial charge in [0.15, 0.2) is 0 Å². The van der Waals surface area contributed by atoms with Crippen molar-refractivity contribution >= 4 is 40.1 Å². The molecule has 1 atom stereocenters. The largest absolute Gasteiger partial charge is 0.354 e. The molecule has 3 N–H and O–H groups in total. The number of anilines is 3. The van der Waals surface area contributed by atoms with E-state index < -0.39 is 11.5 Å². The molecule has 13 rings (SSSR count). The van der Waals surface area contributed by atoms with Gasteiger partial charge in [0.1, 0.15) is 0 Å². The Morgan fingerprint density at radius 3 is 1.58 bits per heavy atom. The fourth-order valence-corrected chi connectivity index (χ4v) is 11.5. The molecule has 1 aliphatic heterocycles. The van der Waals surface area contributed by atoms with Crippen LogP contribution in [0.2, 0.25) is 0 Å². The van der Waals surface area contributed by atoms with Gasteiger partial charge in [0, 0.05) is 33.8 Å². The number of hydrogen-bond acceptors (Lipinski definition) is 3. The van der Waals surface area contributed by atoms with Crippen molar-refractivity contribution in [3.05, 3.63) is 305 Å². The lowest BCUT2D eigenvalue weighted by Gasteiger charge is -2.32. The lowest BCUT2D eigenvalue weighted by molar-refractivity contribution is 0.794. The fourth-order valence-electron chi connectivity index (χ4n) is 11.5. The maximum Gasteiger partial charge on any atom is 0.0726 e. The molecular formula is C66H47N3. The van der Waals surface area contributed by atoms with Crippen molar-refractivity contribution in [2.75, 3.05) is 4.90 Å². The Labute approximate surface area is 403 Å². The summed E-state index contributed by atoms with van der Waals surface area (Å²) in [6.07, 6.45) is 2.30. The quantitative estimate of drug-likeness (QED) is 0.160. The Hall–Kier alpha value is -8.76. The van der Waals surface area contributed by atoms with E-state index in [0.29, 0.717) is 0 Å². The van der Waals surface area contributed by atoms with Crippen LogP contribution in [0.15, 0.2) is 255 Å². The van der Waals surface area contributed by atoms with Crippen LogP contribution in [0.1, 0.15) is 56.1 Å². The van der Waals surface area contributed by atoms with Gasteiger partial charge >= 0.3 is 0 Å². The molecule has 3 aliphatic rings. The van der Waals surface area contributed by atoms with Gasteiger partial charge in [-0.1, -0.05) is 224 Å². The van der Waals surface area contributed by atoms with E-state index >= 15 is 0 Å². The highest BCUT2D eigenvalue weighted by Gasteiger charge is 2.52. The first-order valence-electron chi connectivity index (χ1n) is 23.8. The summed E-state index contributed by atoms with van der Waals surface area (Å²) in [4.78, 5) is 2.48. The number of nitrogens with zero attached hydrogens (tertiary/aromatic N) is 1. The Morgan fingerprint density at radius 2 is 0.928 bits per heavy atom. The second-order valence-corrected chi connectivity index (χ2v) is 18.2. The van der Waals surface area contributed by atoms with Gasteiger partial charge in [0.2, 0.25) is 0 Å². The highest BCUT2D eigenvalue weighted by Crippen LogP contribution is 2.64. The van der Waals surface area contributed by atoms with Gasteiger partial charge in [-0.05, 0) is 109 Å². The van der Waals surface area contributed by atoms with Crippen LogP contribution in [0.4, 0.5) is 17.1 Å². The number of rotatable bonds is 8. The SMILES string of the molecule is NC(/C(=C1\NC(c2ccccc2)=Cc2cc(N(c3ccc(-c4ccccc4)cc3)c3cccc4c3-c3ccccc3C43c4ccccc4-c4ccccc43)ccc21)c1ccccc1)c1ccccc1. The fraction of sp³-hybridized carbons (Fsp3) is 0.0303. The van der Waals surface area contributed by atoms with Gasteiger partial charge in [0.05, 0.1) is 22.8 Å². The summed E-state index contributed by atoms with van der Waals surface area (Å²) in [5.74, 6) is 0. The summed E-state index contributed by atoms with van der Waals surface area (Å²) in [5.41, 5.74) is 31.3. The monoisotopic (exact) mass is 881 g/mol. The van der Waals surface area contributed by atoms with Crippen LogP contribution in [0.5, 0.6) is 0 Å². The van der Waals surface area contributed by atoms with Crippen molar-refractivity contribution < 1.29 is 0 Å². The maximum atomic E-state index is 7.40. The first-order valence-corrected chi connectivity index (χ1v) is 23.8. The van der Waals surface area contributed by atoms with Gasteiger partial charge in [-0.2, -0.15) is 0 Å². The van der Waals surface area contributed by atoms with Crippen LogP contribution in [-0.2, 0) is 5.41 Å². The molecule has 326 valence electrons. The second-order valence-electron chi connectivity index (χ2n) is 18.2. The molecule has 69 heavy (non-hydrogen) atoms. The first-order chi connectivity index (χ1) is 34.2. The third-order valence-corrected chi connectivity index (χ3v) is 14.5. The van der Waals surface area contributed by atoms with Crippen molar-refractivity contribution in [3.8, 4) is 33.4 Å². The van der Waals surface area contributed by atoms with Crippen molar-refractivity contribution in [2.24, 2.45) is 5.73 Å². The van der Waals surface area contributed by atoms with E-state index in [2.05, 4.69) is 265 Å². The van der Waals surface area contributed by atoms with E-state index in [1.807, 2.05) is 6.07 Å². The average molecular weight is 882 g/mol. The molecule has 0 radical (unpaired) electrons. The van der Waals surface area contributed by atoms with E-state index in [1.165, 1.54) is 55.6 Å². The Kier molecular flexibility index (Phi) is 9.71. The zero-order valence-electron chi connectivity index (χ0n) is 37.9. The Bertz CT molecular complexity index is 3590. The molecule has 10 aromatic carbocycles. The van der Waals surface area contributed by atoms with Crippen LogP contribution in [0, 0.1) is 0 Å². The third kappa shape index (κ3) is 6.47. The highest BCUT2D eigenvalue weighted by atomic mass is 15.1. The average Bonchev–Trinajstić information content (AvgIpc) is 3.90. The predicted octanol–water partition coefficient (Wildman–Crippen LogP) is 15.8. The third-order valence-electron chi connectivity index (χ3n) is 14.5. The van der Waals surface area contributed by atoms with Crippen molar-refractivity contribution in [1.29, 1.82) is 0 Å². The molecule has 1 spiro atoms. The van der Waals surface area contributed by atoms with Gasteiger partial charge in [-0.15, -0.1) is 0 Å². The number of nitrogens with two attached hydrogens (primary N) is 1. The lowest BCUT2D eigenvalue weighted by Crippen LogP contribution is -2.26.